The molecule has 0 unspecified atom stereocenters. The Balaban J connectivity index is 2.93. The van der Waals surface area contributed by atoms with Crippen LogP contribution in [0.3, 0.4) is 0 Å². The van der Waals surface area contributed by atoms with E-state index in [4.69, 9.17) is 0 Å². The topological polar surface area (TPSA) is 60.2 Å². The van der Waals surface area contributed by atoms with Crippen molar-refractivity contribution in [3.8, 4) is 0 Å². The van der Waals surface area contributed by atoms with Gasteiger partial charge < -0.3 is 4.79 Å². The third-order valence-electron chi connectivity index (χ3n) is 1.66. The van der Waals surface area contributed by atoms with Gasteiger partial charge in [-0.15, -0.1) is 0 Å². The lowest BCUT2D eigenvalue weighted by atomic mass is 10.2. The molecule has 0 spiro atoms. The highest BCUT2D eigenvalue weighted by Crippen LogP contribution is 2.08. The van der Waals surface area contributed by atoms with E-state index in [1.165, 1.54) is 6.08 Å². The van der Waals surface area contributed by atoms with Crippen LogP contribution in [-0.4, -0.2) is 11.2 Å². The van der Waals surface area contributed by atoms with Crippen molar-refractivity contribution in [2.24, 2.45) is 0 Å². The molecule has 0 aliphatic heterocycles. The normalized spacial score (nSPS) is 11.0. The lowest BCUT2D eigenvalue weighted by Gasteiger charge is -1.93. The summed E-state index contributed by atoms with van der Waals surface area (Å²) in [4.78, 5) is 20.1. The highest BCUT2D eigenvalue weighted by atomic mass is 16.6. The van der Waals surface area contributed by atoms with Crippen molar-refractivity contribution in [1.82, 2.24) is 0 Å². The van der Waals surface area contributed by atoms with E-state index < -0.39 is 4.92 Å². The second kappa shape index (κ2) is 4.91. The number of benzene rings is 1. The maximum Gasteiger partial charge on any atom is 0.253 e. The summed E-state index contributed by atoms with van der Waals surface area (Å²) in [5.41, 5.74) is 0.632. The predicted octanol–water partition coefficient (Wildman–Crippen LogP) is 1.89. The first-order chi connectivity index (χ1) is 6.74. The Bertz CT molecular complexity index is 357. The first-order valence-corrected chi connectivity index (χ1v) is 4.07. The number of nitro groups is 1. The zero-order valence-electron chi connectivity index (χ0n) is 7.42. The molecule has 0 radical (unpaired) electrons. The first kappa shape index (κ1) is 10.1. The molecule has 0 saturated heterocycles. The summed E-state index contributed by atoms with van der Waals surface area (Å²) >= 11 is 0. The minimum atomic E-state index is -0.540. The maximum atomic E-state index is 10.5. The molecule has 0 atom stereocenters. The van der Waals surface area contributed by atoms with Gasteiger partial charge in [0.2, 0.25) is 0 Å². The van der Waals surface area contributed by atoms with Gasteiger partial charge in [0.1, 0.15) is 6.29 Å². The summed E-state index contributed by atoms with van der Waals surface area (Å²) in [5, 5.41) is 10.5. The molecule has 0 aliphatic rings. The number of nitrogens with zero attached hydrogens (tertiary/aromatic N) is 1. The molecule has 0 N–H and O–H groups in total. The third-order valence-corrected chi connectivity index (χ3v) is 1.66. The number of aldehydes is 1. The van der Waals surface area contributed by atoms with Gasteiger partial charge in [-0.25, -0.2) is 0 Å². The molecule has 72 valence electrons. The Morgan fingerprint density at radius 2 is 2.00 bits per heavy atom. The van der Waals surface area contributed by atoms with E-state index in [0.717, 1.165) is 5.56 Å². The molecule has 0 heterocycles. The summed E-state index contributed by atoms with van der Waals surface area (Å²) in [7, 11) is 0. The SMILES string of the molecule is O=CC/C(=C/c1ccccc1)[N+](=O)[O-]. The molecule has 1 aromatic carbocycles. The van der Waals surface area contributed by atoms with Crippen LogP contribution in [0.25, 0.3) is 6.08 Å². The molecule has 0 saturated carbocycles. The van der Waals surface area contributed by atoms with Gasteiger partial charge in [-0.1, -0.05) is 30.3 Å². The van der Waals surface area contributed by atoms with Crippen molar-refractivity contribution in [3.05, 3.63) is 51.7 Å². The van der Waals surface area contributed by atoms with Crippen LogP contribution in [0.15, 0.2) is 36.0 Å². The molecule has 4 nitrogen and oxygen atoms in total. The van der Waals surface area contributed by atoms with Crippen molar-refractivity contribution in [2.45, 2.75) is 6.42 Å². The number of hydrogen-bond acceptors (Lipinski definition) is 3. The zero-order chi connectivity index (χ0) is 10.4. The Labute approximate surface area is 81.0 Å². The molecule has 0 fully saturated rings. The van der Waals surface area contributed by atoms with Crippen LogP contribution in [-0.2, 0) is 4.79 Å². The quantitative estimate of drug-likeness (QED) is 0.414. The number of carbonyl (C=O) groups excluding carboxylic acids is 1. The van der Waals surface area contributed by atoms with Gasteiger partial charge in [-0.05, 0) is 5.56 Å². The standard InChI is InChI=1S/C10H9NO3/c12-7-6-10(11(13)14)8-9-4-2-1-3-5-9/h1-5,7-8H,6H2/b10-8-. The largest absolute Gasteiger partial charge is 0.303 e. The van der Waals surface area contributed by atoms with Gasteiger partial charge in [0.25, 0.3) is 5.70 Å². The second-order valence-electron chi connectivity index (χ2n) is 2.67. The van der Waals surface area contributed by atoms with Gasteiger partial charge in [0, 0.05) is 6.08 Å². The van der Waals surface area contributed by atoms with Crippen LogP contribution in [0.5, 0.6) is 0 Å². The number of allylic oxidation sites excluding steroid dienone is 1. The molecule has 4 heteroatoms. The molecule has 0 bridgehead atoms. The Kier molecular flexibility index (Phi) is 3.55. The fourth-order valence-corrected chi connectivity index (χ4v) is 1.01. The molecule has 0 amide bonds. The minimum Gasteiger partial charge on any atom is -0.303 e. The van der Waals surface area contributed by atoms with Crippen LogP contribution in [0.4, 0.5) is 0 Å². The molecule has 0 aromatic heterocycles. The van der Waals surface area contributed by atoms with E-state index in [1.54, 1.807) is 24.3 Å². The lowest BCUT2D eigenvalue weighted by Crippen LogP contribution is -1.98. The Hall–Kier alpha value is -1.97. The van der Waals surface area contributed by atoms with Crippen LogP contribution >= 0.6 is 0 Å². The average Bonchev–Trinajstić information content (AvgIpc) is 2.18. The van der Waals surface area contributed by atoms with Crippen LogP contribution in [0.1, 0.15) is 12.0 Å². The van der Waals surface area contributed by atoms with E-state index in [2.05, 4.69) is 0 Å². The van der Waals surface area contributed by atoms with Crippen LogP contribution in [0.2, 0.25) is 0 Å². The van der Waals surface area contributed by atoms with Crippen molar-refractivity contribution >= 4 is 12.4 Å². The third kappa shape index (κ3) is 2.82. The van der Waals surface area contributed by atoms with Crippen molar-refractivity contribution in [2.75, 3.05) is 0 Å². The number of carbonyl (C=O) groups is 1. The molecule has 1 aromatic rings. The lowest BCUT2D eigenvalue weighted by molar-refractivity contribution is -0.424. The van der Waals surface area contributed by atoms with Gasteiger partial charge >= 0.3 is 0 Å². The van der Waals surface area contributed by atoms with Crippen molar-refractivity contribution in [3.63, 3.8) is 0 Å². The summed E-state index contributed by atoms with van der Waals surface area (Å²) < 4.78 is 0. The van der Waals surface area contributed by atoms with E-state index in [-0.39, 0.29) is 12.1 Å². The summed E-state index contributed by atoms with van der Waals surface area (Å²) in [6.45, 7) is 0. The van der Waals surface area contributed by atoms with Crippen LogP contribution in [0, 0.1) is 10.1 Å². The fourth-order valence-electron chi connectivity index (χ4n) is 1.01. The Morgan fingerprint density at radius 3 is 2.50 bits per heavy atom. The summed E-state index contributed by atoms with van der Waals surface area (Å²) in [6.07, 6.45) is 1.76. The molecule has 14 heavy (non-hydrogen) atoms. The van der Waals surface area contributed by atoms with Gasteiger partial charge in [0.05, 0.1) is 11.3 Å². The van der Waals surface area contributed by atoms with Crippen LogP contribution < -0.4 is 0 Å². The molecule has 0 aliphatic carbocycles. The van der Waals surface area contributed by atoms with Crippen molar-refractivity contribution < 1.29 is 9.72 Å². The highest BCUT2D eigenvalue weighted by Gasteiger charge is 2.08. The number of hydrogen-bond donors (Lipinski definition) is 0. The molecular formula is C10H9NO3. The second-order valence-corrected chi connectivity index (χ2v) is 2.67. The average molecular weight is 191 g/mol. The van der Waals surface area contributed by atoms with Crippen molar-refractivity contribution in [1.29, 1.82) is 0 Å². The minimum absolute atomic E-state index is 0.0915. The van der Waals surface area contributed by atoms with Gasteiger partial charge in [-0.3, -0.25) is 10.1 Å². The van der Waals surface area contributed by atoms with E-state index in [0.29, 0.717) is 6.29 Å². The van der Waals surface area contributed by atoms with E-state index in [9.17, 15) is 14.9 Å². The fraction of sp³-hybridized carbons (Fsp3) is 0.100. The van der Waals surface area contributed by atoms with E-state index in [1.807, 2.05) is 6.07 Å². The highest BCUT2D eigenvalue weighted by molar-refractivity contribution is 5.59. The summed E-state index contributed by atoms with van der Waals surface area (Å²) in [6, 6.07) is 8.88. The Morgan fingerprint density at radius 1 is 1.36 bits per heavy atom. The molecular weight excluding hydrogens is 182 g/mol. The van der Waals surface area contributed by atoms with Gasteiger partial charge in [-0.2, -0.15) is 0 Å². The predicted molar refractivity (Wildman–Crippen MR) is 52.1 cm³/mol. The summed E-state index contributed by atoms with van der Waals surface area (Å²) in [5.74, 6) is 0. The number of rotatable bonds is 4. The first-order valence-electron chi connectivity index (χ1n) is 4.07. The smallest absolute Gasteiger partial charge is 0.253 e. The maximum absolute atomic E-state index is 10.5. The molecule has 1 rings (SSSR count). The van der Waals surface area contributed by atoms with Gasteiger partial charge in [0.15, 0.2) is 0 Å². The van der Waals surface area contributed by atoms with E-state index >= 15 is 0 Å². The monoisotopic (exact) mass is 191 g/mol. The zero-order valence-corrected chi connectivity index (χ0v) is 7.42.